The molecule has 92 valence electrons. The van der Waals surface area contributed by atoms with Crippen LogP contribution >= 0.6 is 0 Å². The third-order valence-electron chi connectivity index (χ3n) is 2.18. The van der Waals surface area contributed by atoms with Crippen LogP contribution in [0.2, 0.25) is 0 Å². The molecule has 1 atom stereocenters. The fraction of sp³-hybridized carbons (Fsp3) is 0.222. The molecule has 0 heterocycles. The maximum Gasteiger partial charge on any atom is 0.274 e. The van der Waals surface area contributed by atoms with E-state index in [-0.39, 0.29) is 17.7 Å². The van der Waals surface area contributed by atoms with Crippen LogP contribution in [0.4, 0.5) is 5.69 Å². The number of carbonyl (C=O) groups excluding carboxylic acids is 1. The van der Waals surface area contributed by atoms with Crippen LogP contribution in [0.3, 0.4) is 0 Å². The number of benzene rings is 1. The zero-order chi connectivity index (χ0) is 12.8. The first kappa shape index (κ1) is 13.0. The number of rotatable bonds is 5. The minimum atomic E-state index is -0.969. The molecule has 0 saturated heterocycles. The van der Waals surface area contributed by atoms with Crippen molar-refractivity contribution in [2.24, 2.45) is 0 Å². The second-order valence-electron chi connectivity index (χ2n) is 3.24. The number of nitro benzene ring substituents is 1. The number of carbonyl (C=O) groups is 1. The van der Waals surface area contributed by atoms with Gasteiger partial charge in [-0.05, 0) is 0 Å². The van der Waals surface area contributed by atoms with Gasteiger partial charge in [-0.15, -0.1) is 0 Å². The van der Waals surface area contributed by atoms with E-state index in [9.17, 15) is 14.9 Å². The van der Waals surface area contributed by atoms with Crippen molar-refractivity contribution in [3.05, 3.63) is 39.9 Å². The van der Waals surface area contributed by atoms with Gasteiger partial charge in [-0.25, -0.2) is 5.48 Å². The molecule has 8 heteroatoms. The standard InChI is InChI=1S/C9H11N3O5/c13-9(11-15)5-7(10-14)6-3-1-2-4-8(6)12(16)17/h1-4,7,10,14-15H,5H2,(H,11,13). The fourth-order valence-electron chi connectivity index (χ4n) is 1.40. The highest BCUT2D eigenvalue weighted by atomic mass is 16.6. The SMILES string of the molecule is O=C(CC(NO)c1ccccc1[N+](=O)[O-])NO. The maximum absolute atomic E-state index is 11.0. The zero-order valence-electron chi connectivity index (χ0n) is 8.66. The van der Waals surface area contributed by atoms with Crippen molar-refractivity contribution >= 4 is 11.6 Å². The number of amides is 1. The number of nitrogens with zero attached hydrogens (tertiary/aromatic N) is 1. The normalized spacial score (nSPS) is 11.9. The zero-order valence-corrected chi connectivity index (χ0v) is 8.66. The molecular formula is C9H11N3O5. The van der Waals surface area contributed by atoms with Crippen LogP contribution in [-0.2, 0) is 4.79 Å². The van der Waals surface area contributed by atoms with Crippen molar-refractivity contribution in [2.75, 3.05) is 0 Å². The summed E-state index contributed by atoms with van der Waals surface area (Å²) in [6.07, 6.45) is -0.335. The highest BCUT2D eigenvalue weighted by Gasteiger charge is 2.23. The van der Waals surface area contributed by atoms with E-state index in [0.29, 0.717) is 0 Å². The topological polar surface area (TPSA) is 125 Å². The van der Waals surface area contributed by atoms with E-state index in [0.717, 1.165) is 0 Å². The molecular weight excluding hydrogens is 230 g/mol. The third kappa shape index (κ3) is 3.21. The Hall–Kier alpha value is -2.03. The summed E-state index contributed by atoms with van der Waals surface area (Å²) in [6, 6.07) is 4.72. The van der Waals surface area contributed by atoms with Crippen LogP contribution in [0.1, 0.15) is 18.0 Å². The van der Waals surface area contributed by atoms with Crippen molar-refractivity contribution in [1.29, 1.82) is 0 Å². The largest absolute Gasteiger partial charge is 0.316 e. The van der Waals surface area contributed by atoms with Crippen LogP contribution in [0.5, 0.6) is 0 Å². The lowest BCUT2D eigenvalue weighted by Gasteiger charge is -2.13. The van der Waals surface area contributed by atoms with Crippen molar-refractivity contribution in [3.8, 4) is 0 Å². The molecule has 0 aliphatic heterocycles. The lowest BCUT2D eigenvalue weighted by atomic mass is 10.0. The highest BCUT2D eigenvalue weighted by Crippen LogP contribution is 2.26. The first-order chi connectivity index (χ1) is 8.10. The molecule has 0 aliphatic carbocycles. The Kier molecular flexibility index (Phi) is 4.52. The van der Waals surface area contributed by atoms with Gasteiger partial charge in [0.2, 0.25) is 5.91 Å². The molecule has 0 bridgehead atoms. The molecule has 17 heavy (non-hydrogen) atoms. The number of hydroxylamine groups is 2. The van der Waals surface area contributed by atoms with Crippen LogP contribution < -0.4 is 11.0 Å². The number of para-hydroxylation sites is 1. The second-order valence-corrected chi connectivity index (χ2v) is 3.24. The van der Waals surface area contributed by atoms with Gasteiger partial charge in [-0.1, -0.05) is 18.2 Å². The molecule has 1 aromatic carbocycles. The molecule has 1 aromatic rings. The quantitative estimate of drug-likeness (QED) is 0.338. The summed E-state index contributed by atoms with van der Waals surface area (Å²) in [4.78, 5) is 21.1. The van der Waals surface area contributed by atoms with Gasteiger partial charge in [0.1, 0.15) is 0 Å². The van der Waals surface area contributed by atoms with Crippen LogP contribution in [-0.4, -0.2) is 21.2 Å². The Balaban J connectivity index is 3.03. The van der Waals surface area contributed by atoms with Gasteiger partial charge < -0.3 is 5.21 Å². The van der Waals surface area contributed by atoms with E-state index in [4.69, 9.17) is 10.4 Å². The van der Waals surface area contributed by atoms with E-state index in [2.05, 4.69) is 0 Å². The molecule has 0 saturated carbocycles. The first-order valence-electron chi connectivity index (χ1n) is 4.66. The van der Waals surface area contributed by atoms with E-state index in [1.54, 1.807) is 11.5 Å². The van der Waals surface area contributed by atoms with Gasteiger partial charge in [-0.3, -0.25) is 20.1 Å². The van der Waals surface area contributed by atoms with Crippen LogP contribution in [0, 0.1) is 10.1 Å². The lowest BCUT2D eigenvalue weighted by molar-refractivity contribution is -0.385. The predicted molar refractivity (Wildman–Crippen MR) is 55.3 cm³/mol. The summed E-state index contributed by atoms with van der Waals surface area (Å²) in [5.41, 5.74) is 3.13. The maximum atomic E-state index is 11.0. The van der Waals surface area contributed by atoms with E-state index in [1.165, 1.54) is 23.7 Å². The molecule has 1 amide bonds. The highest BCUT2D eigenvalue weighted by molar-refractivity contribution is 5.75. The summed E-state index contributed by atoms with van der Waals surface area (Å²) >= 11 is 0. The molecule has 0 spiro atoms. The number of hydrogen-bond acceptors (Lipinski definition) is 6. The summed E-state index contributed by atoms with van der Waals surface area (Å²) in [7, 11) is 0. The third-order valence-corrected chi connectivity index (χ3v) is 2.18. The van der Waals surface area contributed by atoms with Crippen LogP contribution in [0.15, 0.2) is 24.3 Å². The summed E-state index contributed by atoms with van der Waals surface area (Å²) in [5.74, 6) is -0.769. The number of nitro groups is 1. The molecule has 1 rings (SSSR count). The molecule has 0 aromatic heterocycles. The van der Waals surface area contributed by atoms with Gasteiger partial charge in [0.15, 0.2) is 0 Å². The van der Waals surface area contributed by atoms with Crippen molar-refractivity contribution in [1.82, 2.24) is 11.0 Å². The predicted octanol–water partition coefficient (Wildman–Crippen LogP) is 0.510. The number of nitrogens with one attached hydrogen (secondary N) is 2. The van der Waals surface area contributed by atoms with Gasteiger partial charge >= 0.3 is 0 Å². The van der Waals surface area contributed by atoms with Crippen molar-refractivity contribution in [3.63, 3.8) is 0 Å². The Labute approximate surface area is 95.9 Å². The molecule has 4 N–H and O–H groups in total. The van der Waals surface area contributed by atoms with E-state index < -0.39 is 16.9 Å². The van der Waals surface area contributed by atoms with E-state index >= 15 is 0 Å². The Bertz CT molecular complexity index is 423. The minimum Gasteiger partial charge on any atom is -0.316 e. The molecule has 0 fully saturated rings. The molecule has 0 aliphatic rings. The summed E-state index contributed by atoms with van der Waals surface area (Å²) in [6.45, 7) is 0. The van der Waals surface area contributed by atoms with Gasteiger partial charge in [0.25, 0.3) is 5.69 Å². The van der Waals surface area contributed by atoms with Crippen LogP contribution in [0.25, 0.3) is 0 Å². The molecule has 8 nitrogen and oxygen atoms in total. The monoisotopic (exact) mass is 241 g/mol. The van der Waals surface area contributed by atoms with Gasteiger partial charge in [-0.2, -0.15) is 5.48 Å². The second kappa shape index (κ2) is 5.89. The summed E-state index contributed by atoms with van der Waals surface area (Å²) in [5, 5.41) is 28.0. The Morgan fingerprint density at radius 1 is 1.41 bits per heavy atom. The van der Waals surface area contributed by atoms with Gasteiger partial charge in [0.05, 0.1) is 17.4 Å². The first-order valence-corrected chi connectivity index (χ1v) is 4.66. The Morgan fingerprint density at radius 2 is 2.06 bits per heavy atom. The lowest BCUT2D eigenvalue weighted by Crippen LogP contribution is -2.27. The average Bonchev–Trinajstić information content (AvgIpc) is 2.35. The van der Waals surface area contributed by atoms with Crippen molar-refractivity contribution < 1.29 is 20.1 Å². The fourth-order valence-corrected chi connectivity index (χ4v) is 1.40. The molecule has 0 radical (unpaired) electrons. The smallest absolute Gasteiger partial charge is 0.274 e. The van der Waals surface area contributed by atoms with E-state index in [1.807, 2.05) is 0 Å². The molecule has 1 unspecified atom stereocenters. The average molecular weight is 241 g/mol. The number of hydrogen-bond donors (Lipinski definition) is 4. The summed E-state index contributed by atoms with van der Waals surface area (Å²) < 4.78 is 0. The minimum absolute atomic E-state index is 0.156. The van der Waals surface area contributed by atoms with Crippen molar-refractivity contribution in [2.45, 2.75) is 12.5 Å². The Morgan fingerprint density at radius 3 is 2.59 bits per heavy atom. The van der Waals surface area contributed by atoms with Gasteiger partial charge in [0, 0.05) is 11.6 Å².